The number of urea groups is 1. The molecule has 0 aromatic rings. The van der Waals surface area contributed by atoms with E-state index < -0.39 is 30.4 Å². The normalized spacial score (nSPS) is 21.2. The molecular formula is C10H17N3O4S. The molecule has 1 aliphatic rings. The highest BCUT2D eigenvalue weighted by atomic mass is 32.2. The van der Waals surface area contributed by atoms with Crippen LogP contribution < -0.4 is 11.1 Å². The van der Waals surface area contributed by atoms with Gasteiger partial charge in [0.25, 0.3) is 0 Å². The Labute approximate surface area is 109 Å². The number of nitrogens with zero attached hydrogens (tertiary/aromatic N) is 1. The largest absolute Gasteiger partial charge is 0.480 e. The summed E-state index contributed by atoms with van der Waals surface area (Å²) < 4.78 is 0. The number of primary amides is 1. The third-order valence-electron chi connectivity index (χ3n) is 2.53. The molecule has 0 aromatic carbocycles. The van der Waals surface area contributed by atoms with Gasteiger partial charge in [0.1, 0.15) is 6.04 Å². The number of nitrogens with two attached hydrogens (primary N) is 1. The van der Waals surface area contributed by atoms with E-state index in [0.29, 0.717) is 18.3 Å². The Kier molecular flexibility index (Phi) is 5.26. The van der Waals surface area contributed by atoms with Crippen molar-refractivity contribution in [3.05, 3.63) is 0 Å². The second-order valence-corrected chi connectivity index (χ2v) is 5.68. The van der Waals surface area contributed by atoms with E-state index in [1.165, 1.54) is 0 Å². The summed E-state index contributed by atoms with van der Waals surface area (Å²) >= 11 is 1.76. The van der Waals surface area contributed by atoms with Crippen molar-refractivity contribution < 1.29 is 19.5 Å². The van der Waals surface area contributed by atoms with Crippen LogP contribution >= 0.6 is 11.8 Å². The predicted molar refractivity (Wildman–Crippen MR) is 67.3 cm³/mol. The van der Waals surface area contributed by atoms with E-state index >= 15 is 0 Å². The maximum Gasteiger partial charge on any atom is 0.326 e. The first-order chi connectivity index (χ1) is 8.40. The minimum atomic E-state index is -1.26. The van der Waals surface area contributed by atoms with Crippen LogP contribution in [0, 0.1) is 0 Å². The van der Waals surface area contributed by atoms with Gasteiger partial charge in [-0.15, -0.1) is 0 Å². The van der Waals surface area contributed by atoms with E-state index in [2.05, 4.69) is 5.32 Å². The zero-order valence-corrected chi connectivity index (χ0v) is 10.9. The third-order valence-corrected chi connectivity index (χ3v) is 3.67. The number of amides is 3. The predicted octanol–water partition coefficient (Wildman–Crippen LogP) is -0.538. The van der Waals surface area contributed by atoms with Crippen LogP contribution in [0.1, 0.15) is 13.3 Å². The average molecular weight is 275 g/mol. The van der Waals surface area contributed by atoms with Crippen LogP contribution in [0.15, 0.2) is 0 Å². The second kappa shape index (κ2) is 6.48. The highest BCUT2D eigenvalue weighted by Crippen LogP contribution is 2.17. The number of hydrogen-bond acceptors (Lipinski definition) is 4. The molecule has 0 spiro atoms. The number of hydrogen-bond donors (Lipinski definition) is 3. The fourth-order valence-electron chi connectivity index (χ4n) is 1.64. The zero-order chi connectivity index (χ0) is 13.7. The van der Waals surface area contributed by atoms with E-state index in [9.17, 15) is 14.4 Å². The van der Waals surface area contributed by atoms with E-state index in [1.807, 2.05) is 6.92 Å². The molecule has 1 aliphatic heterocycles. The fraction of sp³-hybridized carbons (Fsp3) is 0.700. The Balaban J connectivity index is 2.54. The van der Waals surface area contributed by atoms with Gasteiger partial charge in [-0.1, -0.05) is 6.92 Å². The van der Waals surface area contributed by atoms with E-state index in [0.717, 1.165) is 5.75 Å². The van der Waals surface area contributed by atoms with Gasteiger partial charge in [0, 0.05) is 24.1 Å². The SMILES string of the molecule is CC1CN(C(=O)NC(CC(N)=O)C(=O)O)CCS1. The number of aliphatic carboxylic acids is 1. The summed E-state index contributed by atoms with van der Waals surface area (Å²) in [6.45, 7) is 3.14. The standard InChI is InChI=1S/C10H17N3O4S/c1-6-5-13(2-3-18-6)10(17)12-7(9(15)16)4-8(11)14/h6-7H,2-5H2,1H3,(H2,11,14)(H,12,17)(H,15,16). The molecule has 1 heterocycles. The molecular weight excluding hydrogens is 258 g/mol. The van der Waals surface area contributed by atoms with Gasteiger partial charge < -0.3 is 21.1 Å². The Morgan fingerprint density at radius 3 is 2.72 bits per heavy atom. The first kappa shape index (κ1) is 14.6. The molecule has 2 atom stereocenters. The lowest BCUT2D eigenvalue weighted by atomic mass is 10.2. The Morgan fingerprint density at radius 2 is 2.22 bits per heavy atom. The summed E-state index contributed by atoms with van der Waals surface area (Å²) in [5, 5.41) is 11.5. The topological polar surface area (TPSA) is 113 Å². The van der Waals surface area contributed by atoms with Crippen LogP contribution in [0.5, 0.6) is 0 Å². The van der Waals surface area contributed by atoms with Crippen LogP contribution in [-0.2, 0) is 9.59 Å². The molecule has 8 heteroatoms. The van der Waals surface area contributed by atoms with Crippen molar-refractivity contribution >= 4 is 29.7 Å². The van der Waals surface area contributed by atoms with E-state index in [4.69, 9.17) is 10.8 Å². The molecule has 0 aromatic heterocycles. The fourth-order valence-corrected chi connectivity index (χ4v) is 2.66. The molecule has 0 saturated carbocycles. The van der Waals surface area contributed by atoms with Crippen LogP contribution in [0.25, 0.3) is 0 Å². The molecule has 18 heavy (non-hydrogen) atoms. The van der Waals surface area contributed by atoms with Crippen molar-refractivity contribution in [2.75, 3.05) is 18.8 Å². The van der Waals surface area contributed by atoms with Crippen molar-refractivity contribution in [2.24, 2.45) is 5.73 Å². The second-order valence-electron chi connectivity index (χ2n) is 4.14. The first-order valence-corrected chi connectivity index (χ1v) is 6.63. The summed E-state index contributed by atoms with van der Waals surface area (Å²) in [7, 11) is 0. The number of thioether (sulfide) groups is 1. The number of rotatable bonds is 4. The number of carboxylic acid groups (broad SMARTS) is 1. The van der Waals surface area contributed by atoms with Crippen molar-refractivity contribution in [2.45, 2.75) is 24.6 Å². The average Bonchev–Trinajstić information content (AvgIpc) is 2.27. The van der Waals surface area contributed by atoms with Gasteiger partial charge in [0.15, 0.2) is 0 Å². The van der Waals surface area contributed by atoms with Gasteiger partial charge in [0.05, 0.1) is 6.42 Å². The van der Waals surface area contributed by atoms with Crippen LogP contribution in [0.3, 0.4) is 0 Å². The molecule has 0 bridgehead atoms. The molecule has 1 saturated heterocycles. The van der Waals surface area contributed by atoms with Crippen LogP contribution in [-0.4, -0.2) is 58.0 Å². The molecule has 3 amide bonds. The van der Waals surface area contributed by atoms with Gasteiger partial charge in [-0.3, -0.25) is 4.79 Å². The minimum Gasteiger partial charge on any atom is -0.480 e. The Bertz CT molecular complexity index is 350. The summed E-state index contributed by atoms with van der Waals surface area (Å²) in [6, 6.07) is -1.73. The Morgan fingerprint density at radius 1 is 1.56 bits per heavy atom. The van der Waals surface area contributed by atoms with Gasteiger partial charge in [-0.05, 0) is 0 Å². The maximum absolute atomic E-state index is 11.8. The molecule has 1 fully saturated rings. The lowest BCUT2D eigenvalue weighted by molar-refractivity contribution is -0.140. The monoisotopic (exact) mass is 275 g/mol. The molecule has 2 unspecified atom stereocenters. The molecule has 7 nitrogen and oxygen atoms in total. The van der Waals surface area contributed by atoms with Gasteiger partial charge in [-0.2, -0.15) is 11.8 Å². The number of carboxylic acids is 1. The Hall–Kier alpha value is -1.44. The van der Waals surface area contributed by atoms with E-state index in [-0.39, 0.29) is 0 Å². The van der Waals surface area contributed by atoms with Crippen LogP contribution in [0.2, 0.25) is 0 Å². The van der Waals surface area contributed by atoms with Crippen LogP contribution in [0.4, 0.5) is 4.79 Å². The zero-order valence-electron chi connectivity index (χ0n) is 10.1. The number of nitrogens with one attached hydrogen (secondary N) is 1. The number of carbonyl (C=O) groups excluding carboxylic acids is 2. The number of carbonyl (C=O) groups is 3. The molecule has 102 valence electrons. The van der Waals surface area contributed by atoms with Crippen molar-refractivity contribution in [1.82, 2.24) is 10.2 Å². The molecule has 4 N–H and O–H groups in total. The van der Waals surface area contributed by atoms with E-state index in [1.54, 1.807) is 16.7 Å². The highest BCUT2D eigenvalue weighted by molar-refractivity contribution is 7.99. The van der Waals surface area contributed by atoms with Gasteiger partial charge >= 0.3 is 12.0 Å². The minimum absolute atomic E-state index is 0.323. The van der Waals surface area contributed by atoms with Crippen molar-refractivity contribution in [3.63, 3.8) is 0 Å². The lowest BCUT2D eigenvalue weighted by Gasteiger charge is -2.31. The van der Waals surface area contributed by atoms with Crippen molar-refractivity contribution in [3.8, 4) is 0 Å². The summed E-state index contributed by atoms with van der Waals surface area (Å²) in [5.41, 5.74) is 4.94. The lowest BCUT2D eigenvalue weighted by Crippen LogP contribution is -2.52. The smallest absolute Gasteiger partial charge is 0.326 e. The molecule has 0 aliphatic carbocycles. The highest BCUT2D eigenvalue weighted by Gasteiger charge is 2.27. The first-order valence-electron chi connectivity index (χ1n) is 5.58. The quantitative estimate of drug-likeness (QED) is 0.638. The molecule has 1 rings (SSSR count). The molecule has 0 radical (unpaired) electrons. The van der Waals surface area contributed by atoms with Crippen molar-refractivity contribution in [1.29, 1.82) is 0 Å². The van der Waals surface area contributed by atoms with Gasteiger partial charge in [0.2, 0.25) is 5.91 Å². The summed E-state index contributed by atoms with van der Waals surface area (Å²) in [4.78, 5) is 35.0. The maximum atomic E-state index is 11.8. The third kappa shape index (κ3) is 4.44. The summed E-state index contributed by atoms with van der Waals surface area (Å²) in [5.74, 6) is -1.20. The van der Waals surface area contributed by atoms with Gasteiger partial charge in [-0.25, -0.2) is 9.59 Å². The summed E-state index contributed by atoms with van der Waals surface area (Å²) in [6.07, 6.45) is -0.404.